The summed E-state index contributed by atoms with van der Waals surface area (Å²) in [6.07, 6.45) is 0. The van der Waals surface area contributed by atoms with Crippen molar-refractivity contribution >= 4 is 131 Å². The van der Waals surface area contributed by atoms with Crippen molar-refractivity contribution in [1.29, 1.82) is 0 Å². The van der Waals surface area contributed by atoms with Gasteiger partial charge in [-0.25, -0.2) is 19.9 Å². The Morgan fingerprint density at radius 1 is 0.156 bits per heavy atom. The summed E-state index contributed by atoms with van der Waals surface area (Å²) in [4.78, 5) is 20.5. The number of benzene rings is 18. The summed E-state index contributed by atoms with van der Waals surface area (Å²) in [6.45, 7) is 4.41. The van der Waals surface area contributed by atoms with Crippen LogP contribution in [0.15, 0.2) is 437 Å². The molecule has 0 atom stereocenters. The number of nitrogens with zero attached hydrogens (tertiary/aromatic N) is 10. The quantitative estimate of drug-likeness (QED) is 0.122. The van der Waals surface area contributed by atoms with Crippen molar-refractivity contribution in [2.24, 2.45) is 0 Å². The lowest BCUT2D eigenvalue weighted by Gasteiger charge is -2.15. The fraction of sp³-hybridized carbons (Fsp3) is 0.0169. The fourth-order valence-electron chi connectivity index (χ4n) is 20.2. The first-order valence-electron chi connectivity index (χ1n) is 43.7. The molecule has 8 heterocycles. The van der Waals surface area contributed by atoms with Crippen molar-refractivity contribution < 1.29 is 0 Å². The minimum Gasteiger partial charge on any atom is -0.309 e. The van der Waals surface area contributed by atoms with Gasteiger partial charge in [0.15, 0.2) is 11.6 Å². The van der Waals surface area contributed by atoms with Gasteiger partial charge in [0, 0.05) is 132 Å². The number of rotatable bonds is 12. The second-order valence-corrected chi connectivity index (χ2v) is 33.3. The molecule has 600 valence electrons. The summed E-state index contributed by atoms with van der Waals surface area (Å²) in [5.41, 5.74) is 32.9. The summed E-state index contributed by atoms with van der Waals surface area (Å²) >= 11 is 0. The minimum absolute atomic E-state index is 0.708. The predicted octanol–water partition coefficient (Wildman–Crippen LogP) is 30.2. The molecule has 10 nitrogen and oxygen atoms in total. The van der Waals surface area contributed by atoms with Crippen molar-refractivity contribution in [2.45, 2.75) is 13.8 Å². The summed E-state index contributed by atoms with van der Waals surface area (Å²) in [6, 6.07) is 157. The van der Waals surface area contributed by atoms with Gasteiger partial charge in [-0.2, -0.15) is 0 Å². The van der Waals surface area contributed by atoms with Gasteiger partial charge in [-0.15, -0.1) is 0 Å². The van der Waals surface area contributed by atoms with E-state index in [1.54, 1.807) is 0 Å². The number of fused-ring (bicyclic) bond motifs is 18. The van der Waals surface area contributed by atoms with E-state index in [0.717, 1.165) is 123 Å². The zero-order valence-electron chi connectivity index (χ0n) is 70.0. The maximum atomic E-state index is 5.18. The topological polar surface area (TPSA) is 81.1 Å². The Morgan fingerprint density at radius 2 is 0.398 bits per heavy atom. The first kappa shape index (κ1) is 73.6. The first-order valence-corrected chi connectivity index (χ1v) is 43.7. The van der Waals surface area contributed by atoms with E-state index >= 15 is 0 Å². The Balaban J connectivity index is 0.000000139. The molecule has 10 heteroatoms. The average molecular weight is 1640 g/mol. The number of para-hydroxylation sites is 8. The highest BCUT2D eigenvalue weighted by Gasteiger charge is 2.25. The van der Waals surface area contributed by atoms with Crippen LogP contribution in [0.1, 0.15) is 11.1 Å². The lowest BCUT2D eigenvalue weighted by atomic mass is 10.0. The van der Waals surface area contributed by atoms with Crippen LogP contribution in [0.4, 0.5) is 0 Å². The van der Waals surface area contributed by atoms with E-state index in [4.69, 9.17) is 19.9 Å². The molecule has 26 rings (SSSR count). The number of hydrogen-bond donors (Lipinski definition) is 0. The van der Waals surface area contributed by atoms with Gasteiger partial charge in [0.2, 0.25) is 0 Å². The van der Waals surface area contributed by atoms with Crippen LogP contribution < -0.4 is 0 Å². The third kappa shape index (κ3) is 12.0. The molecule has 0 spiro atoms. The second kappa shape index (κ2) is 29.9. The highest BCUT2D eigenvalue weighted by Crippen LogP contribution is 2.45. The standard InChI is InChI=1S/2C59H39N5/c1-38-34-41(28-31-44(38)52-37-51(39-16-4-2-5-17-39)60-59(61-52)40-18-6-3-7-19-40)62-57-32-29-42(63-53-24-12-8-20-45(53)46-21-9-13-25-54(46)63)35-49(57)50-36-43(30-33-58(50)62)64-55-26-14-10-22-47(55)48-23-11-15-27-56(48)64;1-38-34-41(51-37-50(39-16-4-2-5-17-39)60-59(61-51)40-18-6-3-7-19-40)28-31-52(38)64-57-32-29-42(62-53-24-12-8-20-44(53)45-21-9-13-25-54(45)62)35-48(57)49-36-43(30-33-58(49)64)63-55-26-14-10-22-46(55)47-23-11-15-27-56(47)63/h2*2-37H,1H3. The minimum atomic E-state index is 0.708. The van der Waals surface area contributed by atoms with Crippen molar-refractivity contribution in [3.63, 3.8) is 0 Å². The normalized spacial score (nSPS) is 11.8. The molecule has 0 amide bonds. The molecule has 128 heavy (non-hydrogen) atoms. The maximum absolute atomic E-state index is 5.18. The largest absolute Gasteiger partial charge is 0.309 e. The molecular weight excluding hydrogens is 1560 g/mol. The number of hydrogen-bond acceptors (Lipinski definition) is 4. The van der Waals surface area contributed by atoms with Gasteiger partial charge in [-0.05, 0) is 183 Å². The lowest BCUT2D eigenvalue weighted by Crippen LogP contribution is -2.00. The molecule has 0 unspecified atom stereocenters. The molecule has 8 aromatic heterocycles. The fourth-order valence-corrected chi connectivity index (χ4v) is 20.2. The molecule has 0 N–H and O–H groups in total. The van der Waals surface area contributed by atoms with Crippen LogP contribution in [-0.2, 0) is 0 Å². The number of aromatic nitrogens is 10. The molecule has 0 fully saturated rings. The third-order valence-corrected chi connectivity index (χ3v) is 26.0. The highest BCUT2D eigenvalue weighted by molar-refractivity contribution is 6.17. The second-order valence-electron chi connectivity index (χ2n) is 33.3. The summed E-state index contributed by atoms with van der Waals surface area (Å²) < 4.78 is 14.5. The summed E-state index contributed by atoms with van der Waals surface area (Å²) in [7, 11) is 0. The van der Waals surface area contributed by atoms with Crippen LogP contribution in [0.5, 0.6) is 0 Å². The zero-order valence-corrected chi connectivity index (χ0v) is 70.0. The van der Waals surface area contributed by atoms with E-state index in [-0.39, 0.29) is 0 Å². The molecule has 18 aromatic carbocycles. The molecule has 0 aliphatic rings. The van der Waals surface area contributed by atoms with E-state index in [0.29, 0.717) is 11.6 Å². The van der Waals surface area contributed by atoms with Crippen molar-refractivity contribution in [2.75, 3.05) is 0 Å². The van der Waals surface area contributed by atoms with Gasteiger partial charge >= 0.3 is 0 Å². The van der Waals surface area contributed by atoms with Crippen LogP contribution in [0, 0.1) is 13.8 Å². The van der Waals surface area contributed by atoms with Crippen LogP contribution in [0.3, 0.4) is 0 Å². The molecule has 0 aliphatic carbocycles. The third-order valence-electron chi connectivity index (χ3n) is 26.0. The Bertz CT molecular complexity index is 8300. The number of aryl methyl sites for hydroxylation is 2. The Kier molecular flexibility index (Phi) is 17.2. The van der Waals surface area contributed by atoms with Gasteiger partial charge in [0.1, 0.15) is 0 Å². The molecular formula is C118H78N10. The van der Waals surface area contributed by atoms with Crippen LogP contribution in [0.25, 0.3) is 233 Å². The van der Waals surface area contributed by atoms with E-state index in [1.165, 1.54) is 109 Å². The van der Waals surface area contributed by atoms with Crippen molar-refractivity contribution in [3.05, 3.63) is 448 Å². The highest BCUT2D eigenvalue weighted by atomic mass is 15.0. The molecule has 0 saturated carbocycles. The average Bonchev–Trinajstić information content (AvgIpc) is 1.54. The molecule has 0 aliphatic heterocycles. The zero-order chi connectivity index (χ0) is 84.6. The smallest absolute Gasteiger partial charge is 0.160 e. The van der Waals surface area contributed by atoms with Crippen molar-refractivity contribution in [3.8, 4) is 102 Å². The van der Waals surface area contributed by atoms with E-state index in [9.17, 15) is 0 Å². The summed E-state index contributed by atoms with van der Waals surface area (Å²) in [5.74, 6) is 1.42. The van der Waals surface area contributed by atoms with Gasteiger partial charge < -0.3 is 27.4 Å². The van der Waals surface area contributed by atoms with E-state index in [1.807, 2.05) is 48.5 Å². The Hall–Kier alpha value is -17.1. The van der Waals surface area contributed by atoms with Gasteiger partial charge in [-0.3, -0.25) is 0 Å². The maximum Gasteiger partial charge on any atom is 0.160 e. The molecule has 26 aromatic rings. The first-order chi connectivity index (χ1) is 63.3. The SMILES string of the molecule is Cc1cc(-c2cc(-c3ccccc3)nc(-c3ccccc3)n2)ccc1-n1c2ccc(-n3c4ccccc4c4ccccc43)cc2c2cc(-n3c4ccccc4c4ccccc43)ccc21.Cc1cc(-n2c3ccc(-n4c5ccccc5c5ccccc54)cc3c3cc(-n4c5ccccc5c5ccccc54)ccc32)ccc1-c1cc(-c2ccccc2)nc(-c2ccccc2)n1. The predicted molar refractivity (Wildman–Crippen MR) is 532 cm³/mol. The van der Waals surface area contributed by atoms with E-state index in [2.05, 4.69) is 429 Å². The Morgan fingerprint density at radius 3 is 0.703 bits per heavy atom. The summed E-state index contributed by atoms with van der Waals surface area (Å²) in [5, 5.41) is 14.8. The van der Waals surface area contributed by atoms with Crippen LogP contribution in [-0.4, -0.2) is 47.3 Å². The van der Waals surface area contributed by atoms with Crippen molar-refractivity contribution in [1.82, 2.24) is 47.3 Å². The lowest BCUT2D eigenvalue weighted by molar-refractivity contribution is 1.14. The molecule has 0 saturated heterocycles. The molecule has 0 radical (unpaired) electrons. The van der Waals surface area contributed by atoms with Gasteiger partial charge in [0.25, 0.3) is 0 Å². The van der Waals surface area contributed by atoms with Gasteiger partial charge in [0.05, 0.1) is 89.0 Å². The van der Waals surface area contributed by atoms with E-state index < -0.39 is 0 Å². The van der Waals surface area contributed by atoms with Gasteiger partial charge in [-0.1, -0.05) is 279 Å². The monoisotopic (exact) mass is 1630 g/mol. The van der Waals surface area contributed by atoms with Crippen LogP contribution in [0.2, 0.25) is 0 Å². The molecule has 0 bridgehead atoms. The Labute approximate surface area is 736 Å². The van der Waals surface area contributed by atoms with Crippen LogP contribution >= 0.6 is 0 Å².